The second kappa shape index (κ2) is 13.6. The van der Waals surface area contributed by atoms with Crippen LogP contribution >= 0.6 is 0 Å². The van der Waals surface area contributed by atoms with Crippen LogP contribution in [0.3, 0.4) is 0 Å². The van der Waals surface area contributed by atoms with Crippen molar-refractivity contribution in [3.63, 3.8) is 0 Å². The van der Waals surface area contributed by atoms with Crippen LogP contribution in [-0.2, 0) is 14.2 Å². The SMILES string of the molecule is CCNC(=NCCCOCC1CCOCC1)NCCN(C)C(=O)OC(C)(C)C. The van der Waals surface area contributed by atoms with Crippen LogP contribution in [0.15, 0.2) is 4.99 Å². The van der Waals surface area contributed by atoms with Gasteiger partial charge in [0.05, 0.1) is 0 Å². The maximum atomic E-state index is 12.0. The first kappa shape index (κ1) is 24.5. The van der Waals surface area contributed by atoms with Gasteiger partial charge in [0.2, 0.25) is 0 Å². The third-order valence-electron chi connectivity index (χ3n) is 4.20. The van der Waals surface area contributed by atoms with Gasteiger partial charge in [-0.1, -0.05) is 0 Å². The summed E-state index contributed by atoms with van der Waals surface area (Å²) in [6.07, 6.45) is 2.77. The van der Waals surface area contributed by atoms with Crippen molar-refractivity contribution in [2.45, 2.75) is 52.6 Å². The number of hydrogen-bond acceptors (Lipinski definition) is 5. The van der Waals surface area contributed by atoms with Crippen molar-refractivity contribution in [3.05, 3.63) is 0 Å². The summed E-state index contributed by atoms with van der Waals surface area (Å²) in [4.78, 5) is 18.1. The second-order valence-electron chi connectivity index (χ2n) is 8.07. The lowest BCUT2D eigenvalue weighted by Gasteiger charge is -2.24. The molecular formula is C20H40N4O4. The number of carbonyl (C=O) groups is 1. The molecule has 0 aromatic rings. The molecule has 0 bridgehead atoms. The Morgan fingerprint density at radius 3 is 2.61 bits per heavy atom. The number of ether oxygens (including phenoxy) is 3. The van der Waals surface area contributed by atoms with Gasteiger partial charge >= 0.3 is 6.09 Å². The molecular weight excluding hydrogens is 360 g/mol. The molecule has 0 atom stereocenters. The van der Waals surface area contributed by atoms with Gasteiger partial charge in [-0.15, -0.1) is 0 Å². The number of hydrogen-bond donors (Lipinski definition) is 2. The van der Waals surface area contributed by atoms with Crippen molar-refractivity contribution in [3.8, 4) is 0 Å². The number of guanidine groups is 1. The Bertz CT molecular complexity index is 460. The van der Waals surface area contributed by atoms with E-state index in [0.717, 1.165) is 58.2 Å². The molecule has 1 rings (SSSR count). The maximum Gasteiger partial charge on any atom is 0.410 e. The van der Waals surface area contributed by atoms with Crippen LogP contribution < -0.4 is 10.6 Å². The number of nitrogens with zero attached hydrogens (tertiary/aromatic N) is 2. The molecule has 0 radical (unpaired) electrons. The third kappa shape index (κ3) is 12.0. The maximum absolute atomic E-state index is 12.0. The fourth-order valence-electron chi connectivity index (χ4n) is 2.64. The average Bonchev–Trinajstić information content (AvgIpc) is 2.63. The Morgan fingerprint density at radius 2 is 1.96 bits per heavy atom. The van der Waals surface area contributed by atoms with E-state index in [1.54, 1.807) is 11.9 Å². The molecule has 164 valence electrons. The lowest BCUT2D eigenvalue weighted by molar-refractivity contribution is 0.0205. The minimum atomic E-state index is -0.484. The van der Waals surface area contributed by atoms with Crippen molar-refractivity contribution in [1.82, 2.24) is 15.5 Å². The van der Waals surface area contributed by atoms with Crippen LogP contribution in [-0.4, -0.2) is 82.2 Å². The highest BCUT2D eigenvalue weighted by Crippen LogP contribution is 2.14. The largest absolute Gasteiger partial charge is 0.444 e. The van der Waals surface area contributed by atoms with Gasteiger partial charge in [0.15, 0.2) is 5.96 Å². The second-order valence-corrected chi connectivity index (χ2v) is 8.07. The lowest BCUT2D eigenvalue weighted by atomic mass is 10.0. The standard InChI is InChI=1S/C20H40N4O4/c1-6-21-18(23-11-12-24(5)19(25)28-20(2,3)4)22-10-7-13-27-16-17-8-14-26-15-9-17/h17H,6-16H2,1-5H3,(H2,21,22,23). The highest BCUT2D eigenvalue weighted by atomic mass is 16.6. The van der Waals surface area contributed by atoms with E-state index in [1.807, 2.05) is 27.7 Å². The predicted molar refractivity (Wildman–Crippen MR) is 112 cm³/mol. The first-order chi connectivity index (χ1) is 13.3. The number of amides is 1. The number of nitrogens with one attached hydrogen (secondary N) is 2. The van der Waals surface area contributed by atoms with Crippen molar-refractivity contribution >= 4 is 12.1 Å². The quantitative estimate of drug-likeness (QED) is 0.332. The van der Waals surface area contributed by atoms with Gasteiger partial charge in [-0.2, -0.15) is 0 Å². The average molecular weight is 401 g/mol. The summed E-state index contributed by atoms with van der Waals surface area (Å²) in [5.41, 5.74) is -0.484. The molecule has 1 aliphatic heterocycles. The molecule has 0 spiro atoms. The van der Waals surface area contributed by atoms with Crippen molar-refractivity contribution in [2.24, 2.45) is 10.9 Å². The van der Waals surface area contributed by atoms with E-state index < -0.39 is 5.60 Å². The van der Waals surface area contributed by atoms with Gasteiger partial charge in [-0.3, -0.25) is 4.99 Å². The molecule has 1 saturated heterocycles. The summed E-state index contributed by atoms with van der Waals surface area (Å²) in [5.74, 6) is 1.39. The van der Waals surface area contributed by atoms with Crippen LogP contribution in [0.1, 0.15) is 47.0 Å². The third-order valence-corrected chi connectivity index (χ3v) is 4.20. The van der Waals surface area contributed by atoms with Gasteiger partial charge in [-0.05, 0) is 52.9 Å². The smallest absolute Gasteiger partial charge is 0.410 e. The van der Waals surface area contributed by atoms with Crippen LogP contribution in [0.2, 0.25) is 0 Å². The number of rotatable bonds is 10. The fourth-order valence-corrected chi connectivity index (χ4v) is 2.64. The Balaban J connectivity index is 2.19. The number of likely N-dealkylation sites (N-methyl/N-ethyl adjacent to an activating group) is 1. The van der Waals surface area contributed by atoms with Crippen LogP contribution in [0, 0.1) is 5.92 Å². The van der Waals surface area contributed by atoms with Gasteiger partial charge in [0.25, 0.3) is 0 Å². The Kier molecular flexibility index (Phi) is 11.9. The van der Waals surface area contributed by atoms with E-state index in [0.29, 0.717) is 25.6 Å². The molecule has 1 amide bonds. The van der Waals surface area contributed by atoms with E-state index >= 15 is 0 Å². The molecule has 0 aliphatic carbocycles. The number of aliphatic imine (C=N–C) groups is 1. The molecule has 0 aromatic heterocycles. The zero-order valence-electron chi connectivity index (χ0n) is 18.4. The summed E-state index contributed by atoms with van der Waals surface area (Å²) >= 11 is 0. The van der Waals surface area contributed by atoms with E-state index in [4.69, 9.17) is 14.2 Å². The molecule has 2 N–H and O–H groups in total. The first-order valence-corrected chi connectivity index (χ1v) is 10.4. The fraction of sp³-hybridized carbons (Fsp3) is 0.900. The summed E-state index contributed by atoms with van der Waals surface area (Å²) in [6.45, 7) is 13.5. The van der Waals surface area contributed by atoms with Crippen LogP contribution in [0.5, 0.6) is 0 Å². The van der Waals surface area contributed by atoms with Gasteiger partial charge in [0.1, 0.15) is 5.60 Å². The monoisotopic (exact) mass is 400 g/mol. The summed E-state index contributed by atoms with van der Waals surface area (Å²) in [6, 6.07) is 0. The zero-order chi connectivity index (χ0) is 20.8. The number of carbonyl (C=O) groups excluding carboxylic acids is 1. The topological polar surface area (TPSA) is 84.4 Å². The first-order valence-electron chi connectivity index (χ1n) is 10.4. The highest BCUT2D eigenvalue weighted by Gasteiger charge is 2.19. The van der Waals surface area contributed by atoms with E-state index in [-0.39, 0.29) is 6.09 Å². The molecule has 0 unspecified atom stereocenters. The van der Waals surface area contributed by atoms with Gasteiger partial charge in [-0.25, -0.2) is 4.79 Å². The molecule has 8 heteroatoms. The molecule has 0 saturated carbocycles. The van der Waals surface area contributed by atoms with E-state index in [2.05, 4.69) is 15.6 Å². The summed E-state index contributed by atoms with van der Waals surface area (Å²) in [7, 11) is 1.73. The molecule has 8 nitrogen and oxygen atoms in total. The Hall–Kier alpha value is -1.54. The lowest BCUT2D eigenvalue weighted by Crippen LogP contribution is -2.43. The Labute approximate surface area is 170 Å². The van der Waals surface area contributed by atoms with Crippen molar-refractivity contribution < 1.29 is 19.0 Å². The molecule has 0 aromatic carbocycles. The van der Waals surface area contributed by atoms with Crippen molar-refractivity contribution in [2.75, 3.05) is 59.7 Å². The zero-order valence-corrected chi connectivity index (χ0v) is 18.4. The van der Waals surface area contributed by atoms with Gasteiger partial charge < -0.3 is 29.7 Å². The van der Waals surface area contributed by atoms with E-state index in [1.165, 1.54) is 0 Å². The van der Waals surface area contributed by atoms with Crippen molar-refractivity contribution in [1.29, 1.82) is 0 Å². The van der Waals surface area contributed by atoms with E-state index in [9.17, 15) is 4.79 Å². The van der Waals surface area contributed by atoms with Crippen LogP contribution in [0.25, 0.3) is 0 Å². The molecule has 1 heterocycles. The molecule has 1 aliphatic rings. The summed E-state index contributed by atoms with van der Waals surface area (Å²) in [5, 5.41) is 6.46. The Morgan fingerprint density at radius 1 is 1.25 bits per heavy atom. The van der Waals surface area contributed by atoms with Gasteiger partial charge in [0, 0.05) is 59.7 Å². The molecule has 1 fully saturated rings. The minimum absolute atomic E-state index is 0.321. The molecule has 28 heavy (non-hydrogen) atoms. The highest BCUT2D eigenvalue weighted by molar-refractivity contribution is 5.79. The normalized spacial score (nSPS) is 16.0. The van der Waals surface area contributed by atoms with Crippen LogP contribution in [0.4, 0.5) is 4.79 Å². The minimum Gasteiger partial charge on any atom is -0.444 e. The predicted octanol–water partition coefficient (Wildman–Crippen LogP) is 2.24. The summed E-state index contributed by atoms with van der Waals surface area (Å²) < 4.78 is 16.5.